The molecule has 4 nitrogen and oxygen atoms in total. The van der Waals surface area contributed by atoms with E-state index in [0.717, 1.165) is 19.9 Å². The zero-order valence-electron chi connectivity index (χ0n) is 10.8. The quantitative estimate of drug-likeness (QED) is 0.514. The van der Waals surface area contributed by atoms with Crippen LogP contribution in [0, 0.1) is 0 Å². The molecule has 19 heavy (non-hydrogen) atoms. The minimum atomic E-state index is 0.528. The second kappa shape index (κ2) is 11.0. The van der Waals surface area contributed by atoms with Crippen LogP contribution in [-0.4, -0.2) is 46.2 Å². The highest BCUT2D eigenvalue weighted by molar-refractivity contribution is 9.12. The lowest BCUT2D eigenvalue weighted by molar-refractivity contribution is 0.0114. The summed E-state index contributed by atoms with van der Waals surface area (Å²) in [4.78, 5) is 0. The van der Waals surface area contributed by atoms with Gasteiger partial charge in [0.2, 0.25) is 0 Å². The molecule has 0 saturated carbocycles. The molecule has 0 aliphatic rings. The van der Waals surface area contributed by atoms with Crippen LogP contribution < -0.4 is 4.74 Å². The summed E-state index contributed by atoms with van der Waals surface area (Å²) in [6.07, 6.45) is 0. The van der Waals surface area contributed by atoms with Crippen LogP contribution in [0.2, 0.25) is 0 Å². The third-order valence-electron chi connectivity index (χ3n) is 2.06. The fourth-order valence-corrected chi connectivity index (χ4v) is 3.87. The minimum absolute atomic E-state index is 0.528. The van der Waals surface area contributed by atoms with E-state index in [1.54, 1.807) is 11.3 Å². The van der Waals surface area contributed by atoms with Crippen molar-refractivity contribution in [1.82, 2.24) is 0 Å². The van der Waals surface area contributed by atoms with Crippen molar-refractivity contribution in [2.24, 2.45) is 0 Å². The largest absolute Gasteiger partial charge is 0.489 e. The first-order valence-electron chi connectivity index (χ1n) is 6.05. The molecule has 0 N–H and O–H groups in total. The highest BCUT2D eigenvalue weighted by atomic mass is 79.9. The second-order valence-electron chi connectivity index (χ2n) is 3.46. The van der Waals surface area contributed by atoms with Gasteiger partial charge in [0.05, 0.1) is 36.8 Å². The number of hydrogen-bond donors (Lipinski definition) is 0. The van der Waals surface area contributed by atoms with Crippen molar-refractivity contribution in [2.45, 2.75) is 6.92 Å². The van der Waals surface area contributed by atoms with Crippen molar-refractivity contribution in [3.05, 3.63) is 13.6 Å². The Bertz CT molecular complexity index is 346. The summed E-state index contributed by atoms with van der Waals surface area (Å²) < 4.78 is 23.5. The van der Waals surface area contributed by atoms with Gasteiger partial charge in [-0.1, -0.05) is 0 Å². The summed E-state index contributed by atoms with van der Waals surface area (Å²) in [5, 5.41) is 0. The first-order chi connectivity index (χ1) is 9.24. The SMILES string of the molecule is CCOCCOCCOCCOc1cc(Br)sc1Br. The first kappa shape index (κ1) is 17.4. The topological polar surface area (TPSA) is 36.9 Å². The number of thiophene rings is 1. The maximum absolute atomic E-state index is 5.56. The molecule has 0 aliphatic heterocycles. The van der Waals surface area contributed by atoms with Crippen LogP contribution >= 0.6 is 43.2 Å². The van der Waals surface area contributed by atoms with Crippen molar-refractivity contribution in [3.8, 4) is 5.75 Å². The molecule has 1 aromatic heterocycles. The van der Waals surface area contributed by atoms with Crippen LogP contribution in [0.15, 0.2) is 13.6 Å². The molecule has 1 aromatic rings. The Balaban J connectivity index is 1.90. The van der Waals surface area contributed by atoms with Gasteiger partial charge >= 0.3 is 0 Å². The van der Waals surface area contributed by atoms with Gasteiger partial charge in [-0.15, -0.1) is 11.3 Å². The van der Waals surface area contributed by atoms with E-state index in [0.29, 0.717) is 39.6 Å². The molecule has 0 spiro atoms. The van der Waals surface area contributed by atoms with Gasteiger partial charge in [0.25, 0.3) is 0 Å². The minimum Gasteiger partial charge on any atom is -0.489 e. The molecule has 0 aromatic carbocycles. The van der Waals surface area contributed by atoms with Crippen molar-refractivity contribution < 1.29 is 18.9 Å². The Kier molecular flexibility index (Phi) is 10.1. The van der Waals surface area contributed by atoms with E-state index in [4.69, 9.17) is 18.9 Å². The number of hydrogen-bond acceptors (Lipinski definition) is 5. The van der Waals surface area contributed by atoms with Gasteiger partial charge in [-0.05, 0) is 38.8 Å². The summed E-state index contributed by atoms with van der Waals surface area (Å²) in [6.45, 7) is 6.18. The van der Waals surface area contributed by atoms with Gasteiger partial charge in [-0.2, -0.15) is 0 Å². The van der Waals surface area contributed by atoms with Gasteiger partial charge in [-0.25, -0.2) is 0 Å². The van der Waals surface area contributed by atoms with Crippen LogP contribution in [0.5, 0.6) is 5.75 Å². The van der Waals surface area contributed by atoms with E-state index in [9.17, 15) is 0 Å². The fourth-order valence-electron chi connectivity index (χ4n) is 1.22. The Morgan fingerprint density at radius 3 is 2.05 bits per heavy atom. The van der Waals surface area contributed by atoms with Gasteiger partial charge in [0.15, 0.2) is 0 Å². The molecule has 1 rings (SSSR count). The van der Waals surface area contributed by atoms with Crippen LogP contribution in [0.25, 0.3) is 0 Å². The van der Waals surface area contributed by atoms with E-state index in [1.165, 1.54) is 0 Å². The van der Waals surface area contributed by atoms with Crippen LogP contribution in [0.1, 0.15) is 6.92 Å². The van der Waals surface area contributed by atoms with Crippen molar-refractivity contribution in [2.75, 3.05) is 46.2 Å². The van der Waals surface area contributed by atoms with Gasteiger partial charge < -0.3 is 18.9 Å². The zero-order valence-corrected chi connectivity index (χ0v) is 14.8. The van der Waals surface area contributed by atoms with Gasteiger partial charge in [0.1, 0.15) is 16.1 Å². The Morgan fingerprint density at radius 1 is 0.947 bits per heavy atom. The Hall–Kier alpha value is 0.340. The lowest BCUT2D eigenvalue weighted by Gasteiger charge is -2.07. The molecule has 0 fully saturated rings. The van der Waals surface area contributed by atoms with E-state index in [1.807, 2.05) is 13.0 Å². The highest BCUT2D eigenvalue weighted by Gasteiger charge is 2.05. The van der Waals surface area contributed by atoms with E-state index in [2.05, 4.69) is 31.9 Å². The van der Waals surface area contributed by atoms with E-state index < -0.39 is 0 Å². The summed E-state index contributed by atoms with van der Waals surface area (Å²) >= 11 is 8.42. The Labute approximate surface area is 134 Å². The molecule has 0 atom stereocenters. The molecule has 0 amide bonds. The standard InChI is InChI=1S/C12H18Br2O4S/c1-2-15-3-4-16-5-6-17-7-8-18-10-9-11(13)19-12(10)14/h9H,2-8H2,1H3. The van der Waals surface area contributed by atoms with Gasteiger partial charge in [0, 0.05) is 12.7 Å². The summed E-state index contributed by atoms with van der Waals surface area (Å²) in [6, 6.07) is 1.94. The average Bonchev–Trinajstić information content (AvgIpc) is 2.70. The maximum atomic E-state index is 5.56. The highest BCUT2D eigenvalue weighted by Crippen LogP contribution is 2.37. The molecule has 0 unspecified atom stereocenters. The number of ether oxygens (including phenoxy) is 4. The van der Waals surface area contributed by atoms with Crippen LogP contribution in [0.4, 0.5) is 0 Å². The molecule has 0 bridgehead atoms. The zero-order chi connectivity index (χ0) is 13.9. The lowest BCUT2D eigenvalue weighted by atomic mass is 10.6. The normalized spacial score (nSPS) is 10.9. The second-order valence-corrected chi connectivity index (χ2v) is 7.21. The van der Waals surface area contributed by atoms with Crippen molar-refractivity contribution >= 4 is 43.2 Å². The summed E-state index contributed by atoms with van der Waals surface area (Å²) in [5.74, 6) is 0.841. The lowest BCUT2D eigenvalue weighted by Crippen LogP contribution is -2.12. The van der Waals surface area contributed by atoms with Crippen LogP contribution in [-0.2, 0) is 14.2 Å². The molecular weight excluding hydrogens is 400 g/mol. The predicted octanol–water partition coefficient (Wildman–Crippen LogP) is 3.72. The van der Waals surface area contributed by atoms with E-state index >= 15 is 0 Å². The third kappa shape index (κ3) is 8.27. The first-order valence-corrected chi connectivity index (χ1v) is 8.45. The molecule has 1 heterocycles. The predicted molar refractivity (Wildman–Crippen MR) is 83.3 cm³/mol. The average molecular weight is 418 g/mol. The van der Waals surface area contributed by atoms with E-state index in [-0.39, 0.29) is 0 Å². The third-order valence-corrected chi connectivity index (χ3v) is 4.34. The molecule has 0 saturated heterocycles. The molecule has 110 valence electrons. The smallest absolute Gasteiger partial charge is 0.145 e. The molecule has 0 aliphatic carbocycles. The number of halogens is 2. The van der Waals surface area contributed by atoms with Gasteiger partial charge in [-0.3, -0.25) is 0 Å². The van der Waals surface area contributed by atoms with Crippen molar-refractivity contribution in [3.63, 3.8) is 0 Å². The molecule has 7 heteroatoms. The number of rotatable bonds is 11. The summed E-state index contributed by atoms with van der Waals surface area (Å²) in [7, 11) is 0. The molecule has 0 radical (unpaired) electrons. The Morgan fingerprint density at radius 2 is 1.53 bits per heavy atom. The van der Waals surface area contributed by atoms with Crippen molar-refractivity contribution in [1.29, 1.82) is 0 Å². The fraction of sp³-hybridized carbons (Fsp3) is 0.667. The molecular formula is C12H18Br2O4S. The summed E-state index contributed by atoms with van der Waals surface area (Å²) in [5.41, 5.74) is 0. The van der Waals surface area contributed by atoms with Crippen LogP contribution in [0.3, 0.4) is 0 Å². The maximum Gasteiger partial charge on any atom is 0.145 e. The monoisotopic (exact) mass is 416 g/mol.